The van der Waals surface area contributed by atoms with Crippen molar-refractivity contribution in [2.24, 2.45) is 0 Å². The van der Waals surface area contributed by atoms with Gasteiger partial charge in [-0.2, -0.15) is 0 Å². The van der Waals surface area contributed by atoms with Crippen LogP contribution in [-0.2, 0) is 11.3 Å². The number of carbonyl (C=O) groups is 1. The molecular formula is C11H17ClN2OS. The summed E-state index contributed by atoms with van der Waals surface area (Å²) in [7, 11) is 0. The molecule has 0 saturated heterocycles. The highest BCUT2D eigenvalue weighted by molar-refractivity contribution is 7.10. The van der Waals surface area contributed by atoms with Crippen molar-refractivity contribution in [2.45, 2.75) is 20.4 Å². The third-order valence-electron chi connectivity index (χ3n) is 2.31. The van der Waals surface area contributed by atoms with Crippen LogP contribution in [0.4, 0.5) is 0 Å². The van der Waals surface area contributed by atoms with Crippen LogP contribution in [0.1, 0.15) is 18.7 Å². The van der Waals surface area contributed by atoms with Crippen LogP contribution in [0, 0.1) is 0 Å². The molecule has 0 aliphatic carbocycles. The van der Waals surface area contributed by atoms with Gasteiger partial charge in [-0.05, 0) is 19.9 Å². The van der Waals surface area contributed by atoms with E-state index < -0.39 is 0 Å². The summed E-state index contributed by atoms with van der Waals surface area (Å²) in [6.07, 6.45) is 0. The first kappa shape index (κ1) is 13.5. The highest BCUT2D eigenvalue weighted by Gasteiger charge is 2.08. The Bertz CT molecular complexity index is 336. The van der Waals surface area contributed by atoms with Crippen LogP contribution >= 0.6 is 22.9 Å². The Kier molecular flexibility index (Phi) is 5.80. The summed E-state index contributed by atoms with van der Waals surface area (Å²) in [5, 5.41) is 5.78. The van der Waals surface area contributed by atoms with Gasteiger partial charge in [-0.1, -0.05) is 11.6 Å². The Morgan fingerprint density at radius 3 is 2.69 bits per heavy atom. The van der Waals surface area contributed by atoms with Gasteiger partial charge < -0.3 is 10.2 Å². The normalized spacial score (nSPS) is 10.4. The van der Waals surface area contributed by atoms with Crippen LogP contribution in [-0.4, -0.2) is 30.4 Å². The number of likely N-dealkylation sites (N-methyl/N-ethyl adjacent to an activating group) is 1. The molecule has 16 heavy (non-hydrogen) atoms. The number of carbonyl (C=O) groups excluding carboxylic acids is 1. The first-order valence-corrected chi connectivity index (χ1v) is 6.64. The maximum atomic E-state index is 11.6. The third-order valence-corrected chi connectivity index (χ3v) is 3.60. The maximum Gasteiger partial charge on any atom is 0.236 e. The van der Waals surface area contributed by atoms with Crippen molar-refractivity contribution >= 4 is 28.8 Å². The van der Waals surface area contributed by atoms with Crippen molar-refractivity contribution in [3.05, 3.63) is 21.3 Å². The molecule has 0 radical (unpaired) electrons. The Morgan fingerprint density at radius 1 is 1.50 bits per heavy atom. The van der Waals surface area contributed by atoms with Crippen LogP contribution in [0.15, 0.2) is 11.4 Å². The molecule has 0 fully saturated rings. The van der Waals surface area contributed by atoms with Crippen molar-refractivity contribution in [1.29, 1.82) is 0 Å². The monoisotopic (exact) mass is 260 g/mol. The van der Waals surface area contributed by atoms with Crippen molar-refractivity contribution in [1.82, 2.24) is 10.2 Å². The maximum absolute atomic E-state index is 11.6. The smallest absolute Gasteiger partial charge is 0.236 e. The van der Waals surface area contributed by atoms with E-state index in [9.17, 15) is 4.79 Å². The number of amides is 1. The van der Waals surface area contributed by atoms with Crippen LogP contribution in [0.5, 0.6) is 0 Å². The van der Waals surface area contributed by atoms with E-state index in [1.54, 1.807) is 11.3 Å². The molecule has 1 amide bonds. The van der Waals surface area contributed by atoms with Crippen LogP contribution in [0.25, 0.3) is 0 Å². The van der Waals surface area contributed by atoms with Gasteiger partial charge in [-0.3, -0.25) is 4.79 Å². The fourth-order valence-electron chi connectivity index (χ4n) is 1.43. The first-order chi connectivity index (χ1) is 7.67. The molecule has 0 aliphatic rings. The Labute approximate surface area is 105 Å². The van der Waals surface area contributed by atoms with E-state index >= 15 is 0 Å². The van der Waals surface area contributed by atoms with Crippen molar-refractivity contribution in [3.63, 3.8) is 0 Å². The Balaban J connectivity index is 2.27. The van der Waals surface area contributed by atoms with Gasteiger partial charge in [0.1, 0.15) is 0 Å². The second kappa shape index (κ2) is 6.89. The highest BCUT2D eigenvalue weighted by atomic mass is 35.5. The SMILES string of the molecule is CCN(CC)C(=O)CNCc1cc(Cl)cs1. The molecule has 0 atom stereocenters. The molecule has 1 aromatic heterocycles. The van der Waals surface area contributed by atoms with E-state index in [4.69, 9.17) is 11.6 Å². The second-order valence-corrected chi connectivity index (χ2v) is 4.83. The van der Waals surface area contributed by atoms with Gasteiger partial charge in [0.05, 0.1) is 11.6 Å². The molecule has 0 saturated carbocycles. The van der Waals surface area contributed by atoms with Crippen molar-refractivity contribution in [3.8, 4) is 0 Å². The minimum Gasteiger partial charge on any atom is -0.342 e. The molecule has 3 nitrogen and oxygen atoms in total. The molecule has 1 heterocycles. The van der Waals surface area contributed by atoms with E-state index in [1.165, 1.54) is 0 Å². The zero-order chi connectivity index (χ0) is 12.0. The molecule has 1 aromatic rings. The lowest BCUT2D eigenvalue weighted by molar-refractivity contribution is -0.129. The van der Waals surface area contributed by atoms with Gasteiger partial charge in [-0.25, -0.2) is 0 Å². The fraction of sp³-hybridized carbons (Fsp3) is 0.545. The largest absolute Gasteiger partial charge is 0.342 e. The van der Waals surface area contributed by atoms with Gasteiger partial charge in [0.15, 0.2) is 0 Å². The topological polar surface area (TPSA) is 32.3 Å². The number of hydrogen-bond acceptors (Lipinski definition) is 3. The molecule has 0 aromatic carbocycles. The van der Waals surface area contributed by atoms with Crippen LogP contribution in [0.3, 0.4) is 0 Å². The quantitative estimate of drug-likeness (QED) is 0.852. The Morgan fingerprint density at radius 2 is 2.19 bits per heavy atom. The number of halogens is 1. The number of hydrogen-bond donors (Lipinski definition) is 1. The summed E-state index contributed by atoms with van der Waals surface area (Å²) in [6, 6.07) is 1.92. The van der Waals surface area contributed by atoms with Gasteiger partial charge in [0.2, 0.25) is 5.91 Å². The van der Waals surface area contributed by atoms with E-state index in [0.717, 1.165) is 23.0 Å². The summed E-state index contributed by atoms with van der Waals surface area (Å²) in [5.41, 5.74) is 0. The summed E-state index contributed by atoms with van der Waals surface area (Å²) < 4.78 is 0. The van der Waals surface area contributed by atoms with Crippen LogP contribution in [0.2, 0.25) is 5.02 Å². The second-order valence-electron chi connectivity index (χ2n) is 3.40. The van der Waals surface area contributed by atoms with E-state index in [-0.39, 0.29) is 5.91 Å². The molecule has 5 heteroatoms. The van der Waals surface area contributed by atoms with E-state index in [2.05, 4.69) is 5.32 Å². The third kappa shape index (κ3) is 4.12. The lowest BCUT2D eigenvalue weighted by Gasteiger charge is -2.18. The van der Waals surface area contributed by atoms with Gasteiger partial charge >= 0.3 is 0 Å². The summed E-state index contributed by atoms with van der Waals surface area (Å²) in [5.74, 6) is 0.146. The van der Waals surface area contributed by atoms with Crippen molar-refractivity contribution in [2.75, 3.05) is 19.6 Å². The molecule has 1 N–H and O–H groups in total. The predicted octanol–water partition coefficient (Wildman–Crippen LogP) is 2.36. The lowest BCUT2D eigenvalue weighted by atomic mass is 10.4. The molecule has 0 spiro atoms. The molecule has 0 unspecified atom stereocenters. The summed E-state index contributed by atoms with van der Waals surface area (Å²) >= 11 is 7.41. The minimum atomic E-state index is 0.146. The molecule has 0 aliphatic heterocycles. The average molecular weight is 261 g/mol. The molecular weight excluding hydrogens is 244 g/mol. The van der Waals surface area contributed by atoms with Gasteiger partial charge in [0.25, 0.3) is 0 Å². The number of nitrogens with zero attached hydrogens (tertiary/aromatic N) is 1. The zero-order valence-corrected chi connectivity index (χ0v) is 11.2. The number of rotatable bonds is 6. The van der Waals surface area contributed by atoms with Crippen molar-refractivity contribution < 1.29 is 4.79 Å². The lowest BCUT2D eigenvalue weighted by Crippen LogP contribution is -2.37. The van der Waals surface area contributed by atoms with E-state index in [0.29, 0.717) is 13.1 Å². The molecule has 90 valence electrons. The van der Waals surface area contributed by atoms with Gasteiger partial charge in [-0.15, -0.1) is 11.3 Å². The van der Waals surface area contributed by atoms with E-state index in [1.807, 2.05) is 30.2 Å². The Hall–Kier alpha value is -0.580. The average Bonchev–Trinajstić information content (AvgIpc) is 2.66. The van der Waals surface area contributed by atoms with Crippen LogP contribution < -0.4 is 5.32 Å². The fourth-order valence-corrected chi connectivity index (χ4v) is 2.47. The first-order valence-electron chi connectivity index (χ1n) is 5.38. The highest BCUT2D eigenvalue weighted by Crippen LogP contribution is 2.18. The minimum absolute atomic E-state index is 0.146. The standard InChI is InChI=1S/C11H17ClN2OS/c1-3-14(4-2)11(15)7-13-6-10-5-9(12)8-16-10/h5,8,13H,3-4,6-7H2,1-2H3. The number of nitrogens with one attached hydrogen (secondary N) is 1. The number of thiophene rings is 1. The zero-order valence-electron chi connectivity index (χ0n) is 9.62. The molecule has 1 rings (SSSR count). The summed E-state index contributed by atoms with van der Waals surface area (Å²) in [6.45, 7) is 6.59. The summed E-state index contributed by atoms with van der Waals surface area (Å²) in [4.78, 5) is 14.6. The van der Waals surface area contributed by atoms with Gasteiger partial charge in [0, 0.05) is 29.9 Å². The predicted molar refractivity (Wildman–Crippen MR) is 69.0 cm³/mol. The molecule has 0 bridgehead atoms.